The molecule has 9 nitrogen and oxygen atoms in total. The minimum absolute atomic E-state index is 0.000231. The normalized spacial score (nSPS) is 15.4. The van der Waals surface area contributed by atoms with Crippen LogP contribution in [0.1, 0.15) is 5.56 Å². The summed E-state index contributed by atoms with van der Waals surface area (Å²) in [6.07, 6.45) is 0.232. The topological polar surface area (TPSA) is 127 Å². The molecule has 0 atom stereocenters. The van der Waals surface area contributed by atoms with Crippen molar-refractivity contribution < 1.29 is 18.1 Å². The number of nitrogen functional groups attached to an aromatic ring is 1. The molecule has 10 heteroatoms. The van der Waals surface area contributed by atoms with Gasteiger partial charge in [-0.1, -0.05) is 12.1 Å². The van der Waals surface area contributed by atoms with Crippen LogP contribution in [0.15, 0.2) is 53.4 Å². The second-order valence-electron chi connectivity index (χ2n) is 6.45. The molecule has 1 amide bonds. The first-order chi connectivity index (χ1) is 13.3. The highest BCUT2D eigenvalue weighted by molar-refractivity contribution is 7.89. The van der Waals surface area contributed by atoms with Crippen molar-refractivity contribution in [3.8, 4) is 0 Å². The number of carbonyl (C=O) groups is 1. The van der Waals surface area contributed by atoms with E-state index in [2.05, 4.69) is 0 Å². The number of nitro benzene ring substituents is 1. The zero-order valence-corrected chi connectivity index (χ0v) is 15.8. The lowest BCUT2D eigenvalue weighted by Crippen LogP contribution is -2.50. The average Bonchev–Trinajstić information content (AvgIpc) is 2.70. The number of carbonyl (C=O) groups excluding carboxylic acids is 1. The Morgan fingerprint density at radius 3 is 2.11 bits per heavy atom. The molecule has 2 aromatic rings. The van der Waals surface area contributed by atoms with Crippen LogP contribution in [-0.4, -0.2) is 54.6 Å². The van der Waals surface area contributed by atoms with Gasteiger partial charge >= 0.3 is 0 Å². The molecular formula is C18H20N4O5S. The summed E-state index contributed by atoms with van der Waals surface area (Å²) in [5.74, 6) is -0.0721. The average molecular weight is 404 g/mol. The van der Waals surface area contributed by atoms with Crippen LogP contribution in [0.2, 0.25) is 0 Å². The molecule has 0 aliphatic carbocycles. The molecule has 0 bridgehead atoms. The van der Waals surface area contributed by atoms with Gasteiger partial charge in [0.1, 0.15) is 0 Å². The molecule has 1 heterocycles. The summed E-state index contributed by atoms with van der Waals surface area (Å²) in [6.45, 7) is 0.930. The van der Waals surface area contributed by atoms with Gasteiger partial charge in [-0.25, -0.2) is 8.42 Å². The van der Waals surface area contributed by atoms with Crippen molar-refractivity contribution in [2.45, 2.75) is 11.3 Å². The maximum Gasteiger partial charge on any atom is 0.269 e. The van der Waals surface area contributed by atoms with Crippen molar-refractivity contribution >= 4 is 27.3 Å². The number of nitrogens with zero attached hydrogens (tertiary/aromatic N) is 3. The van der Waals surface area contributed by atoms with Crippen LogP contribution in [0.4, 0.5) is 11.4 Å². The van der Waals surface area contributed by atoms with Gasteiger partial charge < -0.3 is 10.6 Å². The fourth-order valence-corrected chi connectivity index (χ4v) is 4.41. The lowest BCUT2D eigenvalue weighted by Gasteiger charge is -2.34. The van der Waals surface area contributed by atoms with E-state index in [4.69, 9.17) is 5.73 Å². The van der Waals surface area contributed by atoms with Crippen LogP contribution in [0.3, 0.4) is 0 Å². The van der Waals surface area contributed by atoms with Crippen molar-refractivity contribution in [1.82, 2.24) is 9.21 Å². The molecule has 148 valence electrons. The number of sulfonamides is 1. The number of hydrogen-bond acceptors (Lipinski definition) is 6. The van der Waals surface area contributed by atoms with Gasteiger partial charge in [0.2, 0.25) is 15.9 Å². The number of piperazine rings is 1. The van der Waals surface area contributed by atoms with E-state index < -0.39 is 14.9 Å². The number of amides is 1. The minimum Gasteiger partial charge on any atom is -0.399 e. The van der Waals surface area contributed by atoms with Crippen molar-refractivity contribution in [3.63, 3.8) is 0 Å². The lowest BCUT2D eigenvalue weighted by atomic mass is 10.1. The maximum atomic E-state index is 12.7. The monoisotopic (exact) mass is 404 g/mol. The van der Waals surface area contributed by atoms with Crippen LogP contribution in [-0.2, 0) is 21.2 Å². The Kier molecular flexibility index (Phi) is 5.61. The predicted octanol–water partition coefficient (Wildman–Crippen LogP) is 1.25. The predicted molar refractivity (Wildman–Crippen MR) is 103 cm³/mol. The van der Waals surface area contributed by atoms with Crippen LogP contribution in [0.5, 0.6) is 0 Å². The van der Waals surface area contributed by atoms with Gasteiger partial charge in [-0.15, -0.1) is 0 Å². The Morgan fingerprint density at radius 2 is 1.57 bits per heavy atom. The third-order valence-corrected chi connectivity index (χ3v) is 6.52. The fourth-order valence-electron chi connectivity index (χ4n) is 2.99. The summed E-state index contributed by atoms with van der Waals surface area (Å²) < 4.78 is 26.7. The van der Waals surface area contributed by atoms with Gasteiger partial charge in [-0.2, -0.15) is 4.31 Å². The number of hydrogen-bond donors (Lipinski definition) is 1. The van der Waals surface area contributed by atoms with Gasteiger partial charge in [0, 0.05) is 44.0 Å². The molecule has 0 unspecified atom stereocenters. The van der Waals surface area contributed by atoms with Crippen molar-refractivity contribution in [3.05, 3.63) is 64.2 Å². The molecule has 28 heavy (non-hydrogen) atoms. The number of benzene rings is 2. The van der Waals surface area contributed by atoms with Crippen molar-refractivity contribution in [2.24, 2.45) is 0 Å². The Labute approximate surface area is 162 Å². The molecule has 0 saturated carbocycles. The van der Waals surface area contributed by atoms with Crippen LogP contribution >= 0.6 is 0 Å². The standard InChI is InChI=1S/C18H20N4O5S/c19-15-3-1-14(2-4-15)13-18(23)20-9-11-21(12-10-20)28(26,27)17-7-5-16(6-8-17)22(24)25/h1-8H,9-13,19H2. The highest BCUT2D eigenvalue weighted by Crippen LogP contribution is 2.21. The second-order valence-corrected chi connectivity index (χ2v) is 8.39. The smallest absolute Gasteiger partial charge is 0.269 e. The van der Waals surface area contributed by atoms with Gasteiger partial charge in [-0.3, -0.25) is 14.9 Å². The molecule has 3 rings (SSSR count). The fraction of sp³-hybridized carbons (Fsp3) is 0.278. The van der Waals surface area contributed by atoms with E-state index in [1.807, 2.05) is 0 Å². The highest BCUT2D eigenvalue weighted by Gasteiger charge is 2.30. The SMILES string of the molecule is Nc1ccc(CC(=O)N2CCN(S(=O)(=O)c3ccc([N+](=O)[O-])cc3)CC2)cc1. The van der Waals surface area contributed by atoms with Crippen molar-refractivity contribution in [1.29, 1.82) is 0 Å². The Morgan fingerprint density at radius 1 is 1.00 bits per heavy atom. The summed E-state index contributed by atoms with van der Waals surface area (Å²) in [4.78, 5) is 24.2. The van der Waals surface area contributed by atoms with Crippen molar-refractivity contribution in [2.75, 3.05) is 31.9 Å². The van der Waals surface area contributed by atoms with E-state index in [1.54, 1.807) is 29.2 Å². The van der Waals surface area contributed by atoms with E-state index in [9.17, 15) is 23.3 Å². The third kappa shape index (κ3) is 4.29. The Balaban J connectivity index is 1.61. The highest BCUT2D eigenvalue weighted by atomic mass is 32.2. The number of anilines is 1. The molecular weight excluding hydrogens is 384 g/mol. The second kappa shape index (κ2) is 7.95. The summed E-state index contributed by atoms with van der Waals surface area (Å²) in [5.41, 5.74) is 6.94. The summed E-state index contributed by atoms with van der Waals surface area (Å²) in [6, 6.07) is 11.8. The zero-order valence-electron chi connectivity index (χ0n) is 15.0. The molecule has 1 aliphatic rings. The van der Waals surface area contributed by atoms with Crippen LogP contribution in [0.25, 0.3) is 0 Å². The third-order valence-electron chi connectivity index (χ3n) is 4.61. The van der Waals surface area contributed by atoms with Gasteiger partial charge in [0.25, 0.3) is 5.69 Å². The maximum absolute atomic E-state index is 12.7. The molecule has 0 spiro atoms. The molecule has 2 N–H and O–H groups in total. The molecule has 2 aromatic carbocycles. The Bertz CT molecular complexity index is 966. The summed E-state index contributed by atoms with van der Waals surface area (Å²) in [5, 5.41) is 10.7. The first-order valence-electron chi connectivity index (χ1n) is 8.64. The molecule has 0 radical (unpaired) electrons. The van der Waals surface area contributed by atoms with E-state index in [-0.39, 0.29) is 36.0 Å². The van der Waals surface area contributed by atoms with Crippen LogP contribution in [0, 0.1) is 10.1 Å². The number of nitrogens with two attached hydrogens (primary N) is 1. The van der Waals surface area contributed by atoms with Gasteiger partial charge in [0.15, 0.2) is 0 Å². The van der Waals surface area contributed by atoms with E-state index >= 15 is 0 Å². The first-order valence-corrected chi connectivity index (χ1v) is 10.1. The zero-order chi connectivity index (χ0) is 20.3. The number of rotatable bonds is 5. The number of nitro groups is 1. The molecule has 1 saturated heterocycles. The van der Waals surface area contributed by atoms with E-state index in [1.165, 1.54) is 28.6 Å². The quantitative estimate of drug-likeness (QED) is 0.454. The first kappa shape index (κ1) is 19.8. The number of non-ortho nitro benzene ring substituents is 1. The molecule has 1 fully saturated rings. The molecule has 0 aromatic heterocycles. The molecule has 1 aliphatic heterocycles. The summed E-state index contributed by atoms with van der Waals surface area (Å²) in [7, 11) is -3.76. The Hall–Kier alpha value is -2.98. The largest absolute Gasteiger partial charge is 0.399 e. The minimum atomic E-state index is -3.76. The van der Waals surface area contributed by atoms with Gasteiger partial charge in [0.05, 0.1) is 16.2 Å². The van der Waals surface area contributed by atoms with Crippen LogP contribution < -0.4 is 5.73 Å². The summed E-state index contributed by atoms with van der Waals surface area (Å²) >= 11 is 0. The van der Waals surface area contributed by atoms with Gasteiger partial charge in [-0.05, 0) is 29.8 Å². The lowest BCUT2D eigenvalue weighted by molar-refractivity contribution is -0.384. The van der Waals surface area contributed by atoms with E-state index in [0.717, 1.165) is 5.56 Å². The van der Waals surface area contributed by atoms with E-state index in [0.29, 0.717) is 18.8 Å².